The number of carbonyl (C=O) groups is 2. The summed E-state index contributed by atoms with van der Waals surface area (Å²) in [6.45, 7) is 9.64. The molecule has 0 bridgehead atoms. The van der Waals surface area contributed by atoms with Crippen molar-refractivity contribution in [2.45, 2.75) is 52.0 Å². The lowest BCUT2D eigenvalue weighted by atomic mass is 10.1. The number of hydrogen-bond acceptors (Lipinski definition) is 4. The molecule has 2 amide bonds. The zero-order valence-electron chi connectivity index (χ0n) is 18.7. The van der Waals surface area contributed by atoms with Crippen molar-refractivity contribution in [2.75, 3.05) is 18.4 Å². The lowest BCUT2D eigenvalue weighted by molar-refractivity contribution is -0.115. The molecule has 0 spiro atoms. The SMILES string of the molecule is CCC(=O)Nc1ccc(C(C)NC(=O)c2ccc(C)c(S(=O)(=O)N(CC)CC)c2)cc1. The number of aryl methyl sites for hydroxylation is 1. The third kappa shape index (κ3) is 5.92. The van der Waals surface area contributed by atoms with Crippen LogP contribution in [0, 0.1) is 6.92 Å². The van der Waals surface area contributed by atoms with E-state index in [0.29, 0.717) is 30.8 Å². The maximum Gasteiger partial charge on any atom is 0.251 e. The van der Waals surface area contributed by atoms with Crippen LogP contribution in [0.2, 0.25) is 0 Å². The van der Waals surface area contributed by atoms with E-state index in [1.165, 1.54) is 10.4 Å². The van der Waals surface area contributed by atoms with Gasteiger partial charge in [-0.2, -0.15) is 4.31 Å². The van der Waals surface area contributed by atoms with Crippen LogP contribution in [0.4, 0.5) is 5.69 Å². The van der Waals surface area contributed by atoms with Crippen molar-refractivity contribution in [2.24, 2.45) is 0 Å². The summed E-state index contributed by atoms with van der Waals surface area (Å²) < 4.78 is 27.2. The molecule has 2 rings (SSSR count). The minimum Gasteiger partial charge on any atom is -0.346 e. The Bertz CT molecular complexity index is 1030. The largest absolute Gasteiger partial charge is 0.346 e. The molecule has 0 radical (unpaired) electrons. The van der Waals surface area contributed by atoms with Crippen molar-refractivity contribution in [3.05, 3.63) is 59.2 Å². The molecule has 2 aromatic carbocycles. The second-order valence-corrected chi connectivity index (χ2v) is 9.19. The summed E-state index contributed by atoms with van der Waals surface area (Å²) in [6.07, 6.45) is 0.400. The van der Waals surface area contributed by atoms with Crippen LogP contribution in [0.1, 0.15) is 61.6 Å². The molecule has 0 aliphatic rings. The Morgan fingerprint density at radius 3 is 2.16 bits per heavy atom. The minimum atomic E-state index is -3.67. The van der Waals surface area contributed by atoms with Crippen LogP contribution in [0.15, 0.2) is 47.4 Å². The van der Waals surface area contributed by atoms with E-state index in [0.717, 1.165) is 5.56 Å². The molecule has 0 saturated carbocycles. The van der Waals surface area contributed by atoms with Gasteiger partial charge in [0.1, 0.15) is 0 Å². The molecule has 1 atom stereocenters. The first-order valence-electron chi connectivity index (χ1n) is 10.4. The molecule has 8 heteroatoms. The van der Waals surface area contributed by atoms with Gasteiger partial charge in [-0.3, -0.25) is 9.59 Å². The average molecular weight is 446 g/mol. The number of rotatable bonds is 9. The summed E-state index contributed by atoms with van der Waals surface area (Å²) in [4.78, 5) is 24.4. The van der Waals surface area contributed by atoms with Gasteiger partial charge in [-0.15, -0.1) is 0 Å². The van der Waals surface area contributed by atoms with Crippen LogP contribution in [-0.4, -0.2) is 37.6 Å². The van der Waals surface area contributed by atoms with Gasteiger partial charge in [-0.25, -0.2) is 8.42 Å². The first-order chi connectivity index (χ1) is 14.6. The number of nitrogens with zero attached hydrogens (tertiary/aromatic N) is 1. The van der Waals surface area contributed by atoms with Crippen LogP contribution >= 0.6 is 0 Å². The third-order valence-corrected chi connectivity index (χ3v) is 7.33. The lowest BCUT2D eigenvalue weighted by Gasteiger charge is -2.20. The molecule has 0 aliphatic heterocycles. The van der Waals surface area contributed by atoms with Crippen LogP contribution < -0.4 is 10.6 Å². The molecule has 0 fully saturated rings. The normalized spacial score (nSPS) is 12.5. The second-order valence-electron chi connectivity index (χ2n) is 7.29. The summed E-state index contributed by atoms with van der Waals surface area (Å²) in [5.74, 6) is -0.421. The number of benzene rings is 2. The van der Waals surface area contributed by atoms with Crippen LogP contribution in [0.25, 0.3) is 0 Å². The Morgan fingerprint density at radius 1 is 1.00 bits per heavy atom. The highest BCUT2D eigenvalue weighted by Gasteiger charge is 2.25. The van der Waals surface area contributed by atoms with Gasteiger partial charge in [-0.05, 0) is 49.2 Å². The van der Waals surface area contributed by atoms with Gasteiger partial charge in [-0.1, -0.05) is 39.0 Å². The van der Waals surface area contributed by atoms with E-state index in [1.54, 1.807) is 52.0 Å². The van der Waals surface area contributed by atoms with E-state index in [-0.39, 0.29) is 28.3 Å². The summed E-state index contributed by atoms with van der Waals surface area (Å²) in [6, 6.07) is 11.7. The van der Waals surface area contributed by atoms with Gasteiger partial charge in [0, 0.05) is 30.8 Å². The number of sulfonamides is 1. The molecule has 7 nitrogen and oxygen atoms in total. The summed E-state index contributed by atoms with van der Waals surface area (Å²) >= 11 is 0. The van der Waals surface area contributed by atoms with Gasteiger partial charge in [0.25, 0.3) is 5.91 Å². The lowest BCUT2D eigenvalue weighted by Crippen LogP contribution is -2.32. The number of carbonyl (C=O) groups excluding carboxylic acids is 2. The monoisotopic (exact) mass is 445 g/mol. The molecule has 31 heavy (non-hydrogen) atoms. The highest BCUT2D eigenvalue weighted by atomic mass is 32.2. The highest BCUT2D eigenvalue weighted by molar-refractivity contribution is 7.89. The number of amides is 2. The molecule has 2 N–H and O–H groups in total. The van der Waals surface area contributed by atoms with Crippen molar-refractivity contribution in [1.29, 1.82) is 0 Å². The molecule has 1 unspecified atom stereocenters. The Kier molecular flexibility index (Phi) is 8.36. The van der Waals surface area contributed by atoms with E-state index in [9.17, 15) is 18.0 Å². The van der Waals surface area contributed by atoms with E-state index >= 15 is 0 Å². The fraction of sp³-hybridized carbons (Fsp3) is 0.391. The van der Waals surface area contributed by atoms with Crippen LogP contribution in [0.5, 0.6) is 0 Å². The fourth-order valence-electron chi connectivity index (χ4n) is 3.19. The predicted molar refractivity (Wildman–Crippen MR) is 123 cm³/mol. The maximum absolute atomic E-state index is 12.9. The molecule has 168 valence electrons. The quantitative estimate of drug-likeness (QED) is 0.613. The molecule has 2 aromatic rings. The minimum absolute atomic E-state index is 0.0658. The molecular weight excluding hydrogens is 414 g/mol. The molecule has 0 aromatic heterocycles. The topological polar surface area (TPSA) is 95.6 Å². The van der Waals surface area contributed by atoms with Gasteiger partial charge < -0.3 is 10.6 Å². The Labute approximate surface area is 184 Å². The van der Waals surface area contributed by atoms with Crippen molar-refractivity contribution in [3.8, 4) is 0 Å². The van der Waals surface area contributed by atoms with Crippen LogP contribution in [-0.2, 0) is 14.8 Å². The van der Waals surface area contributed by atoms with Crippen molar-refractivity contribution in [1.82, 2.24) is 9.62 Å². The van der Waals surface area contributed by atoms with Gasteiger partial charge in [0.15, 0.2) is 0 Å². The zero-order valence-corrected chi connectivity index (χ0v) is 19.5. The molecule has 0 aliphatic carbocycles. The Balaban J connectivity index is 2.19. The van der Waals surface area contributed by atoms with Crippen molar-refractivity contribution in [3.63, 3.8) is 0 Å². The predicted octanol–water partition coefficient (Wildman–Crippen LogP) is 3.87. The van der Waals surface area contributed by atoms with E-state index in [2.05, 4.69) is 10.6 Å². The maximum atomic E-state index is 12.9. The Morgan fingerprint density at radius 2 is 1.61 bits per heavy atom. The highest BCUT2D eigenvalue weighted by Crippen LogP contribution is 2.22. The molecule has 0 saturated heterocycles. The van der Waals surface area contributed by atoms with Gasteiger partial charge >= 0.3 is 0 Å². The van der Waals surface area contributed by atoms with E-state index < -0.39 is 10.0 Å². The summed E-state index contributed by atoms with van der Waals surface area (Å²) in [7, 11) is -3.67. The second kappa shape index (κ2) is 10.5. The standard InChI is InChI=1S/C23H31N3O4S/c1-6-22(27)25-20-13-11-18(12-14-20)17(5)24-23(28)19-10-9-16(4)21(15-19)31(29,30)26(7-2)8-3/h9-15,17H,6-8H2,1-5H3,(H,24,28)(H,25,27). The Hall–Kier alpha value is -2.71. The fourth-order valence-corrected chi connectivity index (χ4v) is 4.90. The zero-order chi connectivity index (χ0) is 23.2. The first-order valence-corrected chi connectivity index (χ1v) is 11.9. The summed E-state index contributed by atoms with van der Waals surface area (Å²) in [5.41, 5.74) is 2.45. The van der Waals surface area contributed by atoms with Crippen LogP contribution in [0.3, 0.4) is 0 Å². The molecular formula is C23H31N3O4S. The molecule has 0 heterocycles. The van der Waals surface area contributed by atoms with Gasteiger partial charge in [0.2, 0.25) is 15.9 Å². The summed E-state index contributed by atoms with van der Waals surface area (Å²) in [5, 5.41) is 5.69. The number of nitrogens with one attached hydrogen (secondary N) is 2. The third-order valence-electron chi connectivity index (χ3n) is 5.14. The average Bonchev–Trinajstić information content (AvgIpc) is 2.74. The van der Waals surface area contributed by atoms with E-state index in [4.69, 9.17) is 0 Å². The number of hydrogen-bond donors (Lipinski definition) is 2. The van der Waals surface area contributed by atoms with Crippen molar-refractivity contribution < 1.29 is 18.0 Å². The smallest absolute Gasteiger partial charge is 0.251 e. The first kappa shape index (κ1) is 24.6. The van der Waals surface area contributed by atoms with Crippen molar-refractivity contribution >= 4 is 27.5 Å². The van der Waals surface area contributed by atoms with Gasteiger partial charge in [0.05, 0.1) is 10.9 Å². The number of anilines is 1. The van der Waals surface area contributed by atoms with E-state index in [1.807, 2.05) is 19.1 Å².